The first-order chi connectivity index (χ1) is 7.15. The molecule has 2 nitrogen and oxygen atoms in total. The highest BCUT2D eigenvalue weighted by Gasteiger charge is 2.17. The lowest BCUT2D eigenvalue weighted by molar-refractivity contribution is 0.114. The smallest absolute Gasteiger partial charge is 0.0690 e. The highest BCUT2D eigenvalue weighted by atomic mass is 16.3. The Balaban J connectivity index is 3.74. The van der Waals surface area contributed by atoms with Gasteiger partial charge >= 0.3 is 0 Å². The fourth-order valence-electron chi connectivity index (χ4n) is 2.05. The predicted octanol–water partition coefficient (Wildman–Crippen LogP) is 2.95. The fourth-order valence-corrected chi connectivity index (χ4v) is 2.05. The van der Waals surface area contributed by atoms with E-state index >= 15 is 0 Å². The van der Waals surface area contributed by atoms with E-state index in [0.29, 0.717) is 0 Å². The maximum atomic E-state index is 9.78. The van der Waals surface area contributed by atoms with Crippen LogP contribution >= 0.6 is 0 Å². The van der Waals surface area contributed by atoms with Crippen LogP contribution in [0.25, 0.3) is 0 Å². The summed E-state index contributed by atoms with van der Waals surface area (Å²) in [6, 6.07) is 0.270. The first-order valence-electron chi connectivity index (χ1n) is 6.50. The van der Waals surface area contributed by atoms with Gasteiger partial charge in [-0.3, -0.25) is 0 Å². The molecule has 0 aromatic heterocycles. The summed E-state index contributed by atoms with van der Waals surface area (Å²) in [5.41, 5.74) is 0. The Kier molecular flexibility index (Phi) is 9.12. The summed E-state index contributed by atoms with van der Waals surface area (Å²) < 4.78 is 0. The van der Waals surface area contributed by atoms with E-state index in [4.69, 9.17) is 0 Å². The average Bonchev–Trinajstić information content (AvgIpc) is 2.25. The van der Waals surface area contributed by atoms with E-state index in [1.807, 2.05) is 14.0 Å². The molecule has 2 heteroatoms. The van der Waals surface area contributed by atoms with Gasteiger partial charge in [0, 0.05) is 6.04 Å². The molecule has 0 aliphatic carbocycles. The lowest BCUT2D eigenvalue weighted by Crippen LogP contribution is -2.38. The maximum Gasteiger partial charge on any atom is 0.0690 e. The number of rotatable bonds is 9. The Hall–Kier alpha value is -0.0800. The molecule has 0 radical (unpaired) electrons. The van der Waals surface area contributed by atoms with Crippen molar-refractivity contribution in [1.82, 2.24) is 5.32 Å². The van der Waals surface area contributed by atoms with Crippen molar-refractivity contribution >= 4 is 0 Å². The largest absolute Gasteiger partial charge is 0.392 e. The van der Waals surface area contributed by atoms with Gasteiger partial charge in [0.25, 0.3) is 0 Å². The SMILES string of the molecule is CCCCCC(C)CC(NC)C(O)CC. The van der Waals surface area contributed by atoms with Gasteiger partial charge in [-0.05, 0) is 25.8 Å². The van der Waals surface area contributed by atoms with E-state index in [0.717, 1.165) is 18.8 Å². The van der Waals surface area contributed by atoms with Crippen molar-refractivity contribution in [3.8, 4) is 0 Å². The molecule has 0 aromatic carbocycles. The Labute approximate surface area is 95.5 Å². The number of nitrogens with one attached hydrogen (secondary N) is 1. The fraction of sp³-hybridized carbons (Fsp3) is 1.00. The molecule has 0 rings (SSSR count). The van der Waals surface area contributed by atoms with Gasteiger partial charge in [0.2, 0.25) is 0 Å². The second-order valence-electron chi connectivity index (χ2n) is 4.71. The number of hydrogen-bond donors (Lipinski definition) is 2. The van der Waals surface area contributed by atoms with Crippen LogP contribution in [0.5, 0.6) is 0 Å². The van der Waals surface area contributed by atoms with E-state index in [1.54, 1.807) is 0 Å². The van der Waals surface area contributed by atoms with Crippen molar-refractivity contribution in [2.75, 3.05) is 7.05 Å². The molecule has 3 unspecified atom stereocenters. The van der Waals surface area contributed by atoms with Gasteiger partial charge in [-0.1, -0.05) is 46.5 Å². The maximum absolute atomic E-state index is 9.78. The Bertz CT molecular complexity index is 138. The zero-order chi connectivity index (χ0) is 11.7. The van der Waals surface area contributed by atoms with Crippen LogP contribution < -0.4 is 5.32 Å². The van der Waals surface area contributed by atoms with Gasteiger partial charge in [-0.2, -0.15) is 0 Å². The molecule has 15 heavy (non-hydrogen) atoms. The highest BCUT2D eigenvalue weighted by Crippen LogP contribution is 2.17. The number of likely N-dealkylation sites (N-methyl/N-ethyl adjacent to an activating group) is 1. The number of unbranched alkanes of at least 4 members (excludes halogenated alkanes) is 2. The molecule has 0 spiro atoms. The second kappa shape index (κ2) is 9.17. The monoisotopic (exact) mass is 215 g/mol. The summed E-state index contributed by atoms with van der Waals surface area (Å²) in [5, 5.41) is 13.0. The molecule has 0 aliphatic rings. The van der Waals surface area contributed by atoms with Crippen LogP contribution in [-0.2, 0) is 0 Å². The molecule has 2 N–H and O–H groups in total. The van der Waals surface area contributed by atoms with Crippen LogP contribution in [0.2, 0.25) is 0 Å². The molecule has 0 amide bonds. The average molecular weight is 215 g/mol. The van der Waals surface area contributed by atoms with Crippen LogP contribution in [0.1, 0.15) is 59.3 Å². The quantitative estimate of drug-likeness (QED) is 0.580. The lowest BCUT2D eigenvalue weighted by Gasteiger charge is -2.24. The van der Waals surface area contributed by atoms with Crippen molar-refractivity contribution in [3.63, 3.8) is 0 Å². The Morgan fingerprint density at radius 1 is 1.20 bits per heavy atom. The van der Waals surface area contributed by atoms with Gasteiger partial charge in [-0.25, -0.2) is 0 Å². The van der Waals surface area contributed by atoms with Gasteiger partial charge in [0.15, 0.2) is 0 Å². The molecule has 0 heterocycles. The summed E-state index contributed by atoms with van der Waals surface area (Å²) in [6.45, 7) is 6.57. The van der Waals surface area contributed by atoms with E-state index < -0.39 is 0 Å². The third kappa shape index (κ3) is 6.91. The van der Waals surface area contributed by atoms with Crippen LogP contribution in [0, 0.1) is 5.92 Å². The molecule has 0 saturated heterocycles. The molecule has 3 atom stereocenters. The van der Waals surface area contributed by atoms with Crippen LogP contribution in [-0.4, -0.2) is 24.3 Å². The summed E-state index contributed by atoms with van der Waals surface area (Å²) >= 11 is 0. The normalized spacial score (nSPS) is 17.4. The van der Waals surface area contributed by atoms with E-state index in [2.05, 4.69) is 19.2 Å². The molecule has 0 saturated carbocycles. The van der Waals surface area contributed by atoms with E-state index in [1.165, 1.54) is 25.7 Å². The first kappa shape index (κ1) is 14.9. The first-order valence-corrected chi connectivity index (χ1v) is 6.50. The summed E-state index contributed by atoms with van der Waals surface area (Å²) in [7, 11) is 1.95. The standard InChI is InChI=1S/C13H29NO/c1-5-7-8-9-11(3)10-12(14-4)13(15)6-2/h11-15H,5-10H2,1-4H3. The van der Waals surface area contributed by atoms with Crippen LogP contribution in [0.15, 0.2) is 0 Å². The summed E-state index contributed by atoms with van der Waals surface area (Å²) in [5.74, 6) is 0.718. The van der Waals surface area contributed by atoms with E-state index in [-0.39, 0.29) is 12.1 Å². The molecule has 92 valence electrons. The van der Waals surface area contributed by atoms with Crippen LogP contribution in [0.3, 0.4) is 0 Å². The zero-order valence-corrected chi connectivity index (χ0v) is 10.9. The van der Waals surface area contributed by atoms with Crippen molar-refractivity contribution < 1.29 is 5.11 Å². The van der Waals surface area contributed by atoms with Gasteiger partial charge in [0.05, 0.1) is 6.10 Å². The molecule has 0 fully saturated rings. The third-order valence-corrected chi connectivity index (χ3v) is 3.21. The number of aliphatic hydroxyl groups is 1. The second-order valence-corrected chi connectivity index (χ2v) is 4.71. The zero-order valence-electron chi connectivity index (χ0n) is 10.9. The van der Waals surface area contributed by atoms with Crippen molar-refractivity contribution in [3.05, 3.63) is 0 Å². The Morgan fingerprint density at radius 3 is 2.33 bits per heavy atom. The molecular formula is C13H29NO. The third-order valence-electron chi connectivity index (χ3n) is 3.21. The van der Waals surface area contributed by atoms with Crippen LogP contribution in [0.4, 0.5) is 0 Å². The molecule has 0 aliphatic heterocycles. The van der Waals surface area contributed by atoms with Crippen molar-refractivity contribution in [1.29, 1.82) is 0 Å². The van der Waals surface area contributed by atoms with Gasteiger partial charge in [0.1, 0.15) is 0 Å². The molecular weight excluding hydrogens is 186 g/mol. The van der Waals surface area contributed by atoms with E-state index in [9.17, 15) is 5.11 Å². The molecule has 0 aromatic rings. The van der Waals surface area contributed by atoms with Crippen molar-refractivity contribution in [2.24, 2.45) is 5.92 Å². The van der Waals surface area contributed by atoms with Crippen molar-refractivity contribution in [2.45, 2.75) is 71.4 Å². The van der Waals surface area contributed by atoms with Gasteiger partial charge in [-0.15, -0.1) is 0 Å². The highest BCUT2D eigenvalue weighted by molar-refractivity contribution is 4.75. The summed E-state index contributed by atoms with van der Waals surface area (Å²) in [6.07, 6.45) is 7.00. The minimum absolute atomic E-state index is 0.191. The Morgan fingerprint density at radius 2 is 1.87 bits per heavy atom. The van der Waals surface area contributed by atoms with Gasteiger partial charge < -0.3 is 10.4 Å². The topological polar surface area (TPSA) is 32.3 Å². The summed E-state index contributed by atoms with van der Waals surface area (Å²) in [4.78, 5) is 0. The predicted molar refractivity (Wildman–Crippen MR) is 67.1 cm³/mol. The minimum atomic E-state index is -0.191. The molecule has 0 bridgehead atoms. The minimum Gasteiger partial charge on any atom is -0.392 e. The lowest BCUT2D eigenvalue weighted by atomic mass is 9.92. The number of aliphatic hydroxyl groups excluding tert-OH is 1. The number of hydrogen-bond acceptors (Lipinski definition) is 2.